The van der Waals surface area contributed by atoms with Gasteiger partial charge in [0, 0.05) is 22.5 Å². The van der Waals surface area contributed by atoms with Crippen molar-refractivity contribution in [1.82, 2.24) is 0 Å². The van der Waals surface area contributed by atoms with Crippen LogP contribution in [-0.2, 0) is 10.8 Å². The van der Waals surface area contributed by atoms with E-state index in [0.29, 0.717) is 0 Å². The van der Waals surface area contributed by atoms with Crippen molar-refractivity contribution in [3.05, 3.63) is 252 Å². The first-order valence-corrected chi connectivity index (χ1v) is 20.6. The molecule has 0 fully saturated rings. The highest BCUT2D eigenvalue weighted by atomic mass is 15.1. The summed E-state index contributed by atoms with van der Waals surface area (Å²) in [5, 5.41) is 0. The van der Waals surface area contributed by atoms with Gasteiger partial charge in [0.05, 0.1) is 5.41 Å². The molecule has 1 nitrogen and oxygen atoms in total. The fourth-order valence-corrected chi connectivity index (χ4v) is 10.6. The van der Waals surface area contributed by atoms with E-state index >= 15 is 0 Å². The van der Waals surface area contributed by atoms with E-state index < -0.39 is 5.41 Å². The maximum absolute atomic E-state index is 4.23. The molecule has 0 saturated heterocycles. The summed E-state index contributed by atoms with van der Waals surface area (Å²) in [6, 6.07) is 67.9. The maximum atomic E-state index is 4.23. The van der Waals surface area contributed by atoms with Gasteiger partial charge < -0.3 is 4.90 Å². The number of hydrogen-bond acceptors (Lipinski definition) is 1. The lowest BCUT2D eigenvalue weighted by Gasteiger charge is -2.32. The fourth-order valence-electron chi connectivity index (χ4n) is 10.6. The van der Waals surface area contributed by atoms with Crippen LogP contribution >= 0.6 is 0 Å². The van der Waals surface area contributed by atoms with Gasteiger partial charge in [-0.2, -0.15) is 0 Å². The summed E-state index contributed by atoms with van der Waals surface area (Å²) in [4.78, 5) is 2.47. The lowest BCUT2D eigenvalue weighted by atomic mass is 9.70. The van der Waals surface area contributed by atoms with E-state index in [-0.39, 0.29) is 5.41 Å². The van der Waals surface area contributed by atoms with Crippen LogP contribution in [0.2, 0.25) is 0 Å². The van der Waals surface area contributed by atoms with Gasteiger partial charge in [0.2, 0.25) is 0 Å². The van der Waals surface area contributed by atoms with Crippen molar-refractivity contribution in [2.24, 2.45) is 0 Å². The molecule has 8 aromatic carbocycles. The highest BCUT2D eigenvalue weighted by Crippen LogP contribution is 2.63. The minimum atomic E-state index is -0.457. The van der Waals surface area contributed by atoms with E-state index in [1.807, 2.05) is 18.2 Å². The van der Waals surface area contributed by atoms with Crippen LogP contribution in [-0.4, -0.2) is 0 Å². The van der Waals surface area contributed by atoms with Crippen molar-refractivity contribution >= 4 is 22.6 Å². The minimum Gasteiger partial charge on any atom is -0.310 e. The van der Waals surface area contributed by atoms with E-state index in [4.69, 9.17) is 0 Å². The van der Waals surface area contributed by atoms with E-state index in [9.17, 15) is 0 Å². The lowest BCUT2D eigenvalue weighted by Crippen LogP contribution is -2.26. The Labute approximate surface area is 347 Å². The normalized spacial score (nSPS) is 14.4. The smallest absolute Gasteiger partial charge is 0.0726 e. The molecule has 0 aromatic heterocycles. The Morgan fingerprint density at radius 1 is 0.424 bits per heavy atom. The molecule has 0 radical (unpaired) electrons. The molecule has 3 aliphatic carbocycles. The third kappa shape index (κ3) is 4.98. The number of nitrogens with zero attached hydrogens (tertiary/aromatic N) is 1. The third-order valence-corrected chi connectivity index (χ3v) is 13.2. The predicted octanol–water partition coefficient (Wildman–Crippen LogP) is 15.2. The van der Waals surface area contributed by atoms with Gasteiger partial charge in [-0.1, -0.05) is 185 Å². The van der Waals surface area contributed by atoms with E-state index in [1.54, 1.807) is 0 Å². The van der Waals surface area contributed by atoms with Gasteiger partial charge in [-0.3, -0.25) is 0 Å². The van der Waals surface area contributed by atoms with Gasteiger partial charge in [0.15, 0.2) is 0 Å². The molecule has 0 aliphatic heterocycles. The molecule has 11 rings (SSSR count). The van der Waals surface area contributed by atoms with Gasteiger partial charge in [0.1, 0.15) is 0 Å². The number of fused-ring (bicyclic) bond motifs is 13. The van der Waals surface area contributed by atoms with E-state index in [2.05, 4.69) is 214 Å². The largest absolute Gasteiger partial charge is 0.310 e. The zero-order valence-corrected chi connectivity index (χ0v) is 33.4. The zero-order chi connectivity index (χ0) is 39.9. The first kappa shape index (κ1) is 35.0. The molecule has 1 heteroatoms. The second-order valence-corrected chi connectivity index (χ2v) is 16.5. The van der Waals surface area contributed by atoms with Gasteiger partial charge in [-0.05, 0) is 131 Å². The summed E-state index contributed by atoms with van der Waals surface area (Å²) in [6.45, 7) is 13.0. The molecule has 1 spiro atoms. The highest BCUT2D eigenvalue weighted by molar-refractivity contribution is 5.97. The van der Waals surface area contributed by atoms with Crippen LogP contribution in [0.1, 0.15) is 52.8 Å². The second kappa shape index (κ2) is 13.2. The SMILES string of the molecule is C=C/C=C(\C=C)c1cc(-c2ccccc2)cc(N(c2ccc3c(c2)-c2ccccc2C3(C)C)c2ccc3c(c2)C2(c4ccccc4-c4ccccc42)c2ccccc2-3)c1. The Bertz CT molecular complexity index is 3000. The van der Waals surface area contributed by atoms with Crippen LogP contribution in [0.25, 0.3) is 50.1 Å². The number of hydrogen-bond donors (Lipinski definition) is 0. The Morgan fingerprint density at radius 2 is 0.932 bits per heavy atom. The molecule has 280 valence electrons. The number of rotatable bonds is 7. The standard InChI is InChI=1S/C58H43N/c1-5-18-38(6-2)40-33-41(39-19-8-7-9-20-39)35-44(34-40)59(42-30-32-52-50(36-42)48-24-10-14-25-51(48)57(52,3)4)43-29-31-49-47-23-13-17-28-55(47)58(56(49)37-43)53-26-15-11-21-45(53)46-22-12-16-27-54(46)58/h5-37H,1-2H2,3-4H3/b38-18+. The minimum absolute atomic E-state index is 0.0982. The molecule has 59 heavy (non-hydrogen) atoms. The van der Waals surface area contributed by atoms with Crippen molar-refractivity contribution in [3.8, 4) is 44.5 Å². The molecule has 0 heterocycles. The fraction of sp³-hybridized carbons (Fsp3) is 0.0690. The Balaban J connectivity index is 1.21. The topological polar surface area (TPSA) is 3.24 Å². The molecular formula is C58H43N. The molecular weight excluding hydrogens is 711 g/mol. The monoisotopic (exact) mass is 753 g/mol. The molecule has 0 bridgehead atoms. The summed E-state index contributed by atoms with van der Waals surface area (Å²) < 4.78 is 0. The molecule has 8 aromatic rings. The summed E-state index contributed by atoms with van der Waals surface area (Å²) in [7, 11) is 0. The Hall–Kier alpha value is -7.22. The molecule has 0 atom stereocenters. The second-order valence-electron chi connectivity index (χ2n) is 16.5. The number of benzene rings is 8. The Kier molecular flexibility index (Phi) is 7.80. The van der Waals surface area contributed by atoms with Crippen molar-refractivity contribution < 1.29 is 0 Å². The quantitative estimate of drug-likeness (QED) is 0.147. The summed E-state index contributed by atoms with van der Waals surface area (Å²) in [6.07, 6.45) is 5.82. The van der Waals surface area contributed by atoms with Gasteiger partial charge in [-0.25, -0.2) is 0 Å². The predicted molar refractivity (Wildman–Crippen MR) is 249 cm³/mol. The zero-order valence-electron chi connectivity index (χ0n) is 33.4. The molecule has 0 unspecified atom stereocenters. The third-order valence-electron chi connectivity index (χ3n) is 13.2. The average Bonchev–Trinajstić information content (AvgIpc) is 3.84. The van der Waals surface area contributed by atoms with Gasteiger partial charge in [-0.15, -0.1) is 0 Å². The molecule has 0 saturated carbocycles. The van der Waals surface area contributed by atoms with Crippen LogP contribution in [0.3, 0.4) is 0 Å². The van der Waals surface area contributed by atoms with Gasteiger partial charge >= 0.3 is 0 Å². The highest BCUT2D eigenvalue weighted by Gasteiger charge is 2.51. The molecule has 0 N–H and O–H groups in total. The van der Waals surface area contributed by atoms with E-state index in [0.717, 1.165) is 39.3 Å². The van der Waals surface area contributed by atoms with Crippen LogP contribution in [0.15, 0.2) is 213 Å². The first-order chi connectivity index (χ1) is 28.9. The summed E-state index contributed by atoms with van der Waals surface area (Å²) in [5.74, 6) is 0. The summed E-state index contributed by atoms with van der Waals surface area (Å²) >= 11 is 0. The maximum Gasteiger partial charge on any atom is 0.0726 e. The van der Waals surface area contributed by atoms with Gasteiger partial charge in [0.25, 0.3) is 0 Å². The van der Waals surface area contributed by atoms with Crippen LogP contribution in [0.4, 0.5) is 17.1 Å². The van der Waals surface area contributed by atoms with Crippen molar-refractivity contribution in [2.45, 2.75) is 24.7 Å². The number of allylic oxidation sites excluding steroid dienone is 4. The molecule has 3 aliphatic rings. The Morgan fingerprint density at radius 3 is 1.54 bits per heavy atom. The van der Waals surface area contributed by atoms with Crippen LogP contribution in [0.5, 0.6) is 0 Å². The molecule has 0 amide bonds. The summed E-state index contributed by atoms with van der Waals surface area (Å²) in [5.41, 5.74) is 22.9. The van der Waals surface area contributed by atoms with Crippen LogP contribution in [0, 0.1) is 0 Å². The lowest BCUT2D eigenvalue weighted by molar-refractivity contribution is 0.660. The average molecular weight is 754 g/mol. The van der Waals surface area contributed by atoms with Crippen molar-refractivity contribution in [2.75, 3.05) is 4.90 Å². The van der Waals surface area contributed by atoms with Crippen molar-refractivity contribution in [3.63, 3.8) is 0 Å². The number of anilines is 3. The van der Waals surface area contributed by atoms with E-state index in [1.165, 1.54) is 66.8 Å². The first-order valence-electron chi connectivity index (χ1n) is 20.6. The van der Waals surface area contributed by atoms with Crippen LogP contribution < -0.4 is 4.90 Å². The van der Waals surface area contributed by atoms with Crippen molar-refractivity contribution in [1.29, 1.82) is 0 Å².